The lowest BCUT2D eigenvalue weighted by Crippen LogP contribution is -2.15. The molecule has 0 atom stereocenters. The van der Waals surface area contributed by atoms with Crippen molar-refractivity contribution in [2.45, 2.75) is 54.1 Å². The van der Waals surface area contributed by atoms with Crippen LogP contribution in [-0.2, 0) is 18.3 Å². The van der Waals surface area contributed by atoms with Crippen molar-refractivity contribution in [3.8, 4) is 0 Å². The standard InChI is InChI=1S/C14H27O4P/c1-8-17-19(15,18-9-2)13(10-12(3)4)11-16-14(5,6)7/h10-11H,8-9H2,1-7H3/b13-11-. The van der Waals surface area contributed by atoms with E-state index in [4.69, 9.17) is 13.8 Å². The molecule has 0 aliphatic rings. The van der Waals surface area contributed by atoms with E-state index < -0.39 is 7.60 Å². The van der Waals surface area contributed by atoms with Gasteiger partial charge in [-0.25, -0.2) is 0 Å². The van der Waals surface area contributed by atoms with Crippen LogP contribution < -0.4 is 0 Å². The fourth-order valence-corrected chi connectivity index (χ4v) is 2.89. The molecule has 0 radical (unpaired) electrons. The van der Waals surface area contributed by atoms with E-state index in [1.807, 2.05) is 34.6 Å². The molecule has 0 aromatic heterocycles. The molecule has 0 unspecified atom stereocenters. The zero-order valence-electron chi connectivity index (χ0n) is 13.1. The Morgan fingerprint density at radius 2 is 1.58 bits per heavy atom. The quantitative estimate of drug-likeness (QED) is 0.381. The molecule has 0 amide bonds. The molecule has 0 heterocycles. The fourth-order valence-electron chi connectivity index (χ4n) is 1.24. The van der Waals surface area contributed by atoms with Crippen LogP contribution in [0.5, 0.6) is 0 Å². The first-order valence-electron chi connectivity index (χ1n) is 6.57. The van der Waals surface area contributed by atoms with E-state index in [2.05, 4.69) is 0 Å². The van der Waals surface area contributed by atoms with Gasteiger partial charge in [0.15, 0.2) is 0 Å². The van der Waals surface area contributed by atoms with Crippen molar-refractivity contribution in [3.05, 3.63) is 23.2 Å². The van der Waals surface area contributed by atoms with Crippen LogP contribution in [0.1, 0.15) is 48.5 Å². The summed E-state index contributed by atoms with van der Waals surface area (Å²) >= 11 is 0. The van der Waals surface area contributed by atoms with E-state index in [-0.39, 0.29) is 5.60 Å². The molecule has 0 saturated carbocycles. The van der Waals surface area contributed by atoms with Gasteiger partial charge in [-0.15, -0.1) is 0 Å². The molecule has 0 fully saturated rings. The Morgan fingerprint density at radius 1 is 1.11 bits per heavy atom. The number of allylic oxidation sites excluding steroid dienone is 3. The van der Waals surface area contributed by atoms with Gasteiger partial charge >= 0.3 is 7.60 Å². The lowest BCUT2D eigenvalue weighted by atomic mass is 10.2. The van der Waals surface area contributed by atoms with E-state index in [1.54, 1.807) is 19.9 Å². The molecule has 112 valence electrons. The number of hydrogen-bond donors (Lipinski definition) is 0. The summed E-state index contributed by atoms with van der Waals surface area (Å²) in [5.74, 6) is 0. The zero-order chi connectivity index (χ0) is 15.1. The van der Waals surface area contributed by atoms with Crippen molar-refractivity contribution in [1.29, 1.82) is 0 Å². The van der Waals surface area contributed by atoms with Gasteiger partial charge in [-0.05, 0) is 54.5 Å². The Balaban J connectivity index is 5.43. The van der Waals surface area contributed by atoms with E-state index in [0.717, 1.165) is 5.57 Å². The second-order valence-electron chi connectivity index (χ2n) is 5.33. The van der Waals surface area contributed by atoms with Crippen molar-refractivity contribution < 1.29 is 18.3 Å². The maximum Gasteiger partial charge on any atom is 0.364 e. The van der Waals surface area contributed by atoms with E-state index in [9.17, 15) is 4.57 Å². The average Bonchev–Trinajstić information content (AvgIpc) is 2.23. The molecule has 0 rings (SSSR count). The van der Waals surface area contributed by atoms with Gasteiger partial charge in [-0.2, -0.15) is 0 Å². The second kappa shape index (κ2) is 7.88. The van der Waals surface area contributed by atoms with Crippen LogP contribution in [-0.4, -0.2) is 18.8 Å². The van der Waals surface area contributed by atoms with Crippen LogP contribution in [0.3, 0.4) is 0 Å². The minimum atomic E-state index is -3.31. The number of hydrogen-bond acceptors (Lipinski definition) is 4. The highest BCUT2D eigenvalue weighted by Gasteiger charge is 2.29. The van der Waals surface area contributed by atoms with Gasteiger partial charge in [0.25, 0.3) is 0 Å². The summed E-state index contributed by atoms with van der Waals surface area (Å²) in [6.07, 6.45) is 3.26. The molecular weight excluding hydrogens is 263 g/mol. The Labute approximate surface area is 117 Å². The summed E-state index contributed by atoms with van der Waals surface area (Å²) in [5.41, 5.74) is 0.646. The highest BCUT2D eigenvalue weighted by molar-refractivity contribution is 7.58. The average molecular weight is 290 g/mol. The molecule has 19 heavy (non-hydrogen) atoms. The summed E-state index contributed by atoms with van der Waals surface area (Å²) in [7, 11) is -3.31. The summed E-state index contributed by atoms with van der Waals surface area (Å²) < 4.78 is 29.0. The van der Waals surface area contributed by atoms with E-state index in [0.29, 0.717) is 18.5 Å². The van der Waals surface area contributed by atoms with Crippen LogP contribution >= 0.6 is 7.60 Å². The van der Waals surface area contributed by atoms with Crippen LogP contribution in [0.4, 0.5) is 0 Å². The molecule has 5 heteroatoms. The van der Waals surface area contributed by atoms with E-state index >= 15 is 0 Å². The van der Waals surface area contributed by atoms with Crippen LogP contribution in [0.2, 0.25) is 0 Å². The van der Waals surface area contributed by atoms with Crippen LogP contribution in [0.15, 0.2) is 23.2 Å². The lowest BCUT2D eigenvalue weighted by molar-refractivity contribution is 0.0757. The lowest BCUT2D eigenvalue weighted by Gasteiger charge is -2.22. The normalized spacial score (nSPS) is 13.3. The predicted molar refractivity (Wildman–Crippen MR) is 79.2 cm³/mol. The van der Waals surface area contributed by atoms with Gasteiger partial charge in [-0.3, -0.25) is 4.57 Å². The zero-order valence-corrected chi connectivity index (χ0v) is 14.0. The van der Waals surface area contributed by atoms with Crippen molar-refractivity contribution in [3.63, 3.8) is 0 Å². The smallest absolute Gasteiger partial charge is 0.364 e. The highest BCUT2D eigenvalue weighted by Crippen LogP contribution is 2.56. The fraction of sp³-hybridized carbons (Fsp3) is 0.714. The van der Waals surface area contributed by atoms with Crippen molar-refractivity contribution >= 4 is 7.60 Å². The van der Waals surface area contributed by atoms with Crippen LogP contribution in [0.25, 0.3) is 0 Å². The Morgan fingerprint density at radius 3 is 1.89 bits per heavy atom. The molecule has 0 N–H and O–H groups in total. The highest BCUT2D eigenvalue weighted by atomic mass is 31.2. The van der Waals surface area contributed by atoms with Crippen LogP contribution in [0, 0.1) is 0 Å². The topological polar surface area (TPSA) is 44.8 Å². The van der Waals surface area contributed by atoms with Gasteiger partial charge in [0.05, 0.1) is 30.4 Å². The van der Waals surface area contributed by atoms with Gasteiger partial charge in [-0.1, -0.05) is 5.57 Å². The summed E-state index contributed by atoms with van der Waals surface area (Å²) in [6, 6.07) is 0. The Bertz CT molecular complexity index is 363. The molecule has 0 aliphatic heterocycles. The molecule has 0 aliphatic carbocycles. The first-order chi connectivity index (χ1) is 8.64. The first-order valence-corrected chi connectivity index (χ1v) is 8.11. The summed E-state index contributed by atoms with van der Waals surface area (Å²) in [5, 5.41) is 0.450. The molecule has 0 spiro atoms. The molecule has 4 nitrogen and oxygen atoms in total. The maximum absolute atomic E-state index is 12.7. The summed E-state index contributed by atoms with van der Waals surface area (Å²) in [4.78, 5) is 0. The third-order valence-corrected chi connectivity index (χ3v) is 3.95. The third-order valence-electron chi connectivity index (χ3n) is 1.88. The van der Waals surface area contributed by atoms with Crippen molar-refractivity contribution in [1.82, 2.24) is 0 Å². The van der Waals surface area contributed by atoms with E-state index in [1.165, 1.54) is 6.26 Å². The van der Waals surface area contributed by atoms with Gasteiger partial charge < -0.3 is 13.8 Å². The molecular formula is C14H27O4P. The summed E-state index contributed by atoms with van der Waals surface area (Å²) in [6.45, 7) is 13.8. The maximum atomic E-state index is 12.7. The van der Waals surface area contributed by atoms with Crippen molar-refractivity contribution in [2.75, 3.05) is 13.2 Å². The molecule has 0 saturated heterocycles. The SMILES string of the molecule is CCOP(=O)(OCC)/C(C=C(C)C)=C\OC(C)(C)C. The predicted octanol–water partition coefficient (Wildman–Crippen LogP) is 4.88. The minimum Gasteiger partial charge on any atom is -0.495 e. The molecule has 0 aromatic rings. The first kappa shape index (κ1) is 18.4. The van der Waals surface area contributed by atoms with Gasteiger partial charge in [0, 0.05) is 0 Å². The Kier molecular flexibility index (Phi) is 7.65. The molecule has 0 bridgehead atoms. The largest absolute Gasteiger partial charge is 0.495 e. The third kappa shape index (κ3) is 7.56. The number of ether oxygens (including phenoxy) is 1. The monoisotopic (exact) mass is 290 g/mol. The van der Waals surface area contributed by atoms with Crippen molar-refractivity contribution in [2.24, 2.45) is 0 Å². The second-order valence-corrected chi connectivity index (χ2v) is 7.36. The minimum absolute atomic E-state index is 0.320. The van der Waals surface area contributed by atoms with Gasteiger partial charge in [0.1, 0.15) is 0 Å². The number of rotatable bonds is 7. The Hall–Kier alpha value is -0.570. The van der Waals surface area contributed by atoms with Gasteiger partial charge in [0.2, 0.25) is 0 Å². The molecule has 0 aromatic carbocycles.